The molecule has 0 amide bonds. The summed E-state index contributed by atoms with van der Waals surface area (Å²) in [5.41, 5.74) is 2.49. The third-order valence-corrected chi connectivity index (χ3v) is 6.52. The summed E-state index contributed by atoms with van der Waals surface area (Å²) in [5.74, 6) is 1.05. The zero-order valence-electron chi connectivity index (χ0n) is 17.8. The molecule has 1 atom stereocenters. The van der Waals surface area contributed by atoms with Gasteiger partial charge in [0.05, 0.1) is 49.0 Å². The topological polar surface area (TPSA) is 76.2 Å². The Morgan fingerprint density at radius 2 is 2.12 bits per heavy atom. The van der Waals surface area contributed by atoms with Crippen molar-refractivity contribution < 1.29 is 18.3 Å². The number of aromatic nitrogens is 3. The van der Waals surface area contributed by atoms with Gasteiger partial charge in [-0.15, -0.1) is 0 Å². The van der Waals surface area contributed by atoms with Crippen LogP contribution in [0.2, 0.25) is 0 Å². The summed E-state index contributed by atoms with van der Waals surface area (Å²) in [6.07, 6.45) is 3.43. The Morgan fingerprint density at radius 3 is 2.85 bits per heavy atom. The number of rotatable bonds is 3. The minimum Gasteiger partial charge on any atom is -0.495 e. The van der Waals surface area contributed by atoms with Gasteiger partial charge < -0.3 is 14.4 Å². The van der Waals surface area contributed by atoms with Crippen molar-refractivity contribution in [3.63, 3.8) is 0 Å². The van der Waals surface area contributed by atoms with E-state index in [1.54, 1.807) is 22.9 Å². The first kappa shape index (κ1) is 19.7. The number of nitriles is 1. The van der Waals surface area contributed by atoms with Gasteiger partial charge in [-0.1, -0.05) is 6.07 Å². The van der Waals surface area contributed by atoms with Gasteiger partial charge in [0.1, 0.15) is 29.1 Å². The Bertz CT molecular complexity index is 1330. The van der Waals surface area contributed by atoms with Crippen LogP contribution in [0.4, 0.5) is 8.78 Å². The average molecular weight is 447 g/mol. The lowest BCUT2D eigenvalue weighted by Crippen LogP contribution is -2.36. The zero-order chi connectivity index (χ0) is 22.7. The normalized spacial score (nSPS) is 20.7. The van der Waals surface area contributed by atoms with Crippen molar-refractivity contribution in [2.45, 2.75) is 31.6 Å². The molecule has 1 aliphatic carbocycles. The molecule has 4 heterocycles. The predicted molar refractivity (Wildman–Crippen MR) is 113 cm³/mol. The summed E-state index contributed by atoms with van der Waals surface area (Å²) < 4.78 is 42.4. The number of fused-ring (bicyclic) bond motifs is 5. The monoisotopic (exact) mass is 447 g/mol. The lowest BCUT2D eigenvalue weighted by atomic mass is 9.77. The van der Waals surface area contributed by atoms with Crippen molar-refractivity contribution in [3.8, 4) is 17.6 Å². The Balaban J connectivity index is 1.42. The number of methoxy groups -OCH3 is 1. The van der Waals surface area contributed by atoms with Crippen LogP contribution in [-0.2, 0) is 23.5 Å². The third-order valence-electron chi connectivity index (χ3n) is 6.52. The van der Waals surface area contributed by atoms with Crippen LogP contribution in [-0.4, -0.2) is 33.4 Å². The molecular weight excluding hydrogens is 428 g/mol. The average Bonchev–Trinajstić information content (AvgIpc) is 3.38. The van der Waals surface area contributed by atoms with Gasteiger partial charge in [-0.25, -0.2) is 18.4 Å². The van der Waals surface area contributed by atoms with Crippen LogP contribution in [0.15, 0.2) is 42.4 Å². The van der Waals surface area contributed by atoms with Crippen molar-refractivity contribution >= 4 is 5.70 Å². The highest BCUT2D eigenvalue weighted by Crippen LogP contribution is 2.53. The molecule has 0 N–H and O–H groups in total. The lowest BCUT2D eigenvalue weighted by Gasteiger charge is -2.41. The molecule has 3 aliphatic rings. The number of nitrogens with zero attached hydrogens (tertiary/aromatic N) is 5. The van der Waals surface area contributed by atoms with Crippen molar-refractivity contribution in [3.05, 3.63) is 76.2 Å². The second kappa shape index (κ2) is 7.04. The number of halogens is 2. The fourth-order valence-electron chi connectivity index (χ4n) is 5.01. The van der Waals surface area contributed by atoms with E-state index in [1.807, 2.05) is 6.20 Å². The first-order chi connectivity index (χ1) is 16.0. The van der Waals surface area contributed by atoms with E-state index < -0.39 is 11.5 Å². The zero-order valence-corrected chi connectivity index (χ0v) is 17.8. The molecule has 6 rings (SSSR count). The molecule has 1 fully saturated rings. The van der Waals surface area contributed by atoms with Gasteiger partial charge in [-0.3, -0.25) is 0 Å². The van der Waals surface area contributed by atoms with Gasteiger partial charge in [0.25, 0.3) is 0 Å². The summed E-state index contributed by atoms with van der Waals surface area (Å²) in [4.78, 5) is 6.17. The lowest BCUT2D eigenvalue weighted by molar-refractivity contribution is 0.0269. The number of benzene rings is 1. The van der Waals surface area contributed by atoms with Crippen LogP contribution < -0.4 is 4.74 Å². The van der Waals surface area contributed by atoms with E-state index in [-0.39, 0.29) is 12.8 Å². The van der Waals surface area contributed by atoms with Gasteiger partial charge in [0, 0.05) is 36.7 Å². The van der Waals surface area contributed by atoms with E-state index in [2.05, 4.69) is 21.1 Å². The predicted octanol–water partition coefficient (Wildman–Crippen LogP) is 3.96. The van der Waals surface area contributed by atoms with E-state index >= 15 is 4.39 Å². The number of allylic oxidation sites excluding steroid dienone is 1. The number of hydrogen-bond acceptors (Lipinski definition) is 6. The molecule has 1 aromatic carbocycles. The Hall–Kier alpha value is -3.93. The molecule has 0 radical (unpaired) electrons. The molecule has 0 saturated carbocycles. The summed E-state index contributed by atoms with van der Waals surface area (Å²) >= 11 is 0. The molecule has 1 saturated heterocycles. The minimum absolute atomic E-state index is 0.151. The largest absolute Gasteiger partial charge is 0.495 e. The Labute approximate surface area is 188 Å². The molecule has 2 aliphatic heterocycles. The molecule has 9 heteroatoms. The van der Waals surface area contributed by atoms with Gasteiger partial charge in [0.2, 0.25) is 0 Å². The highest BCUT2D eigenvalue weighted by atomic mass is 19.1. The maximum Gasteiger partial charge on any atom is 0.153 e. The van der Waals surface area contributed by atoms with Crippen LogP contribution in [0.5, 0.6) is 5.75 Å². The number of pyridine rings is 1. The van der Waals surface area contributed by atoms with E-state index in [1.165, 1.54) is 13.2 Å². The van der Waals surface area contributed by atoms with Crippen LogP contribution in [0.3, 0.4) is 0 Å². The van der Waals surface area contributed by atoms with E-state index in [9.17, 15) is 9.65 Å². The summed E-state index contributed by atoms with van der Waals surface area (Å²) in [5, 5.41) is 14.2. The SMILES string of the molecule is COc1c(C#N)ccc2c1C(N1Cc3cn(-c4ccc(F)cn4)nc3C1)=C1CC2(F)CCO1. The van der Waals surface area contributed by atoms with E-state index in [4.69, 9.17) is 9.47 Å². The summed E-state index contributed by atoms with van der Waals surface area (Å²) in [6, 6.07) is 8.39. The second-order valence-electron chi connectivity index (χ2n) is 8.43. The van der Waals surface area contributed by atoms with E-state index in [0.717, 1.165) is 23.2 Å². The van der Waals surface area contributed by atoms with Gasteiger partial charge >= 0.3 is 0 Å². The van der Waals surface area contributed by atoms with Crippen LogP contribution in [0.25, 0.3) is 11.5 Å². The maximum absolute atomic E-state index is 16.0. The van der Waals surface area contributed by atoms with Crippen LogP contribution >= 0.6 is 0 Å². The van der Waals surface area contributed by atoms with Gasteiger partial charge in [0.15, 0.2) is 5.82 Å². The van der Waals surface area contributed by atoms with Gasteiger partial charge in [-0.2, -0.15) is 10.4 Å². The standard InChI is InChI=1S/C24H19F2N5O2/c1-32-23-14(9-27)2-4-17-21(23)22(19-8-24(17,26)6-7-33-19)30-11-15-12-31(29-18(15)13-30)20-5-3-16(25)10-28-20/h2-5,10,12H,6-8,11,13H2,1H3. The quantitative estimate of drug-likeness (QED) is 0.605. The summed E-state index contributed by atoms with van der Waals surface area (Å²) in [7, 11) is 1.49. The molecule has 3 aromatic rings. The molecule has 0 spiro atoms. The Kier molecular flexibility index (Phi) is 4.21. The van der Waals surface area contributed by atoms with Crippen molar-refractivity contribution in [1.29, 1.82) is 5.26 Å². The fraction of sp³-hybridized carbons (Fsp3) is 0.292. The smallest absolute Gasteiger partial charge is 0.153 e. The third kappa shape index (κ3) is 2.90. The first-order valence-corrected chi connectivity index (χ1v) is 10.6. The van der Waals surface area contributed by atoms with Crippen LogP contribution in [0.1, 0.15) is 40.8 Å². The molecule has 166 valence electrons. The number of hydrogen-bond donors (Lipinski definition) is 0. The van der Waals surface area contributed by atoms with Crippen molar-refractivity contribution in [2.75, 3.05) is 13.7 Å². The maximum atomic E-state index is 16.0. The molecular formula is C24H19F2N5O2. The molecule has 2 aromatic heterocycles. The second-order valence-corrected chi connectivity index (χ2v) is 8.43. The number of alkyl halides is 1. The molecule has 1 unspecified atom stereocenters. The number of ether oxygens (including phenoxy) is 2. The minimum atomic E-state index is -1.55. The highest BCUT2D eigenvalue weighted by Gasteiger charge is 2.47. The van der Waals surface area contributed by atoms with Crippen molar-refractivity contribution in [1.82, 2.24) is 19.7 Å². The Morgan fingerprint density at radius 1 is 1.24 bits per heavy atom. The fourth-order valence-corrected chi connectivity index (χ4v) is 5.01. The highest BCUT2D eigenvalue weighted by molar-refractivity contribution is 5.79. The molecule has 33 heavy (non-hydrogen) atoms. The first-order valence-electron chi connectivity index (χ1n) is 10.6. The van der Waals surface area contributed by atoms with Crippen LogP contribution in [0, 0.1) is 17.1 Å². The van der Waals surface area contributed by atoms with Gasteiger partial charge in [-0.05, 0) is 18.2 Å². The van der Waals surface area contributed by atoms with E-state index in [0.29, 0.717) is 53.7 Å². The molecule has 7 nitrogen and oxygen atoms in total. The molecule has 2 bridgehead atoms. The summed E-state index contributed by atoms with van der Waals surface area (Å²) in [6.45, 7) is 1.29. The van der Waals surface area contributed by atoms with Crippen molar-refractivity contribution in [2.24, 2.45) is 0 Å².